The first-order valence-electron chi connectivity index (χ1n) is 9.84. The quantitative estimate of drug-likeness (QED) is 0.303. The minimum absolute atomic E-state index is 0.0791. The highest BCUT2D eigenvalue weighted by atomic mass is 16.6. The van der Waals surface area contributed by atoms with Gasteiger partial charge in [0, 0.05) is 17.3 Å². The Morgan fingerprint density at radius 3 is 2.59 bits per heavy atom. The fourth-order valence-corrected chi connectivity index (χ4v) is 3.86. The molecule has 156 valence electrons. The number of hydrogen-bond acceptors (Lipinski definition) is 5. The van der Waals surface area contributed by atoms with Gasteiger partial charge in [0.05, 0.1) is 21.4 Å². The number of nitro groups is 1. The number of aromatic nitrogens is 2. The van der Waals surface area contributed by atoms with E-state index in [1.165, 1.54) is 28.8 Å². The van der Waals surface area contributed by atoms with Crippen LogP contribution in [0.5, 0.6) is 0 Å². The highest BCUT2D eigenvalue weighted by molar-refractivity contribution is 6.34. The van der Waals surface area contributed by atoms with Crippen molar-refractivity contribution < 1.29 is 9.72 Å². The van der Waals surface area contributed by atoms with Crippen LogP contribution in [-0.2, 0) is 4.79 Å². The van der Waals surface area contributed by atoms with Crippen LogP contribution in [0.25, 0.3) is 28.2 Å². The lowest BCUT2D eigenvalue weighted by atomic mass is 10.0. The van der Waals surface area contributed by atoms with Crippen molar-refractivity contribution in [2.24, 2.45) is 0 Å². The van der Waals surface area contributed by atoms with E-state index in [-0.39, 0.29) is 23.1 Å². The Bertz CT molecular complexity index is 1540. The summed E-state index contributed by atoms with van der Waals surface area (Å²) in [5.41, 5.74) is 2.46. The predicted molar refractivity (Wildman–Crippen MR) is 122 cm³/mol. The van der Waals surface area contributed by atoms with E-state index in [1.54, 1.807) is 30.3 Å². The summed E-state index contributed by atoms with van der Waals surface area (Å²) in [6.07, 6.45) is 1.51. The second-order valence-corrected chi connectivity index (χ2v) is 7.43. The number of aryl methyl sites for hydroxylation is 1. The van der Waals surface area contributed by atoms with Crippen LogP contribution < -0.4 is 10.9 Å². The summed E-state index contributed by atoms with van der Waals surface area (Å²) in [6.45, 7) is 1.91. The van der Waals surface area contributed by atoms with E-state index in [2.05, 4.69) is 10.3 Å². The number of hydrogen-bond donors (Lipinski definition) is 1. The topological polar surface area (TPSA) is 107 Å². The average Bonchev–Trinajstić information content (AvgIpc) is 3.08. The van der Waals surface area contributed by atoms with Gasteiger partial charge in [0.1, 0.15) is 11.5 Å². The molecule has 1 N–H and O–H groups in total. The molecule has 4 aromatic rings. The summed E-state index contributed by atoms with van der Waals surface area (Å²) < 4.78 is 1.19. The molecule has 1 aliphatic rings. The molecular weight excluding hydrogens is 408 g/mol. The Kier molecular flexibility index (Phi) is 4.41. The molecule has 1 aliphatic heterocycles. The van der Waals surface area contributed by atoms with Crippen molar-refractivity contribution in [2.45, 2.75) is 6.92 Å². The van der Waals surface area contributed by atoms with Crippen molar-refractivity contribution in [2.75, 3.05) is 5.32 Å². The molecule has 8 heteroatoms. The molecule has 0 fully saturated rings. The SMILES string of the molecule is Cc1ccc2c(c1)/C(=C/c1nc3ccccc3c(=O)n1-c1ccccc1[N+](=O)[O-])C(=O)N2. The summed E-state index contributed by atoms with van der Waals surface area (Å²) >= 11 is 0. The Morgan fingerprint density at radius 1 is 1.03 bits per heavy atom. The lowest BCUT2D eigenvalue weighted by Crippen LogP contribution is -2.23. The summed E-state index contributed by atoms with van der Waals surface area (Å²) in [5, 5.41) is 14.8. The molecular formula is C24H16N4O4. The van der Waals surface area contributed by atoms with E-state index in [4.69, 9.17) is 0 Å². The first kappa shape index (κ1) is 19.4. The van der Waals surface area contributed by atoms with Crippen LogP contribution in [0.2, 0.25) is 0 Å². The number of nitro benzene ring substituents is 1. The second kappa shape index (κ2) is 7.28. The molecule has 1 amide bonds. The summed E-state index contributed by atoms with van der Waals surface area (Å²) in [7, 11) is 0. The summed E-state index contributed by atoms with van der Waals surface area (Å²) in [4.78, 5) is 41.9. The molecule has 0 atom stereocenters. The maximum Gasteiger partial charge on any atom is 0.293 e. The van der Waals surface area contributed by atoms with Crippen LogP contribution in [0.4, 0.5) is 11.4 Å². The smallest absolute Gasteiger partial charge is 0.293 e. The van der Waals surface area contributed by atoms with Gasteiger partial charge in [0.15, 0.2) is 0 Å². The molecule has 0 aliphatic carbocycles. The number of nitrogens with zero attached hydrogens (tertiary/aromatic N) is 3. The van der Waals surface area contributed by atoms with E-state index < -0.39 is 10.5 Å². The number of anilines is 1. The highest BCUT2D eigenvalue weighted by Gasteiger charge is 2.26. The van der Waals surface area contributed by atoms with Gasteiger partial charge in [0.2, 0.25) is 0 Å². The van der Waals surface area contributed by atoms with Crippen LogP contribution in [0.3, 0.4) is 0 Å². The number of carbonyl (C=O) groups excluding carboxylic acids is 1. The third-order valence-corrected chi connectivity index (χ3v) is 5.35. The third kappa shape index (κ3) is 3.05. The largest absolute Gasteiger partial charge is 0.321 e. The number of para-hydroxylation sites is 3. The molecule has 2 heterocycles. The zero-order valence-electron chi connectivity index (χ0n) is 16.9. The first-order chi connectivity index (χ1) is 15.4. The van der Waals surface area contributed by atoms with Gasteiger partial charge in [-0.2, -0.15) is 0 Å². The molecule has 32 heavy (non-hydrogen) atoms. The monoisotopic (exact) mass is 424 g/mol. The number of rotatable bonds is 3. The van der Waals surface area contributed by atoms with Crippen molar-refractivity contribution in [1.29, 1.82) is 0 Å². The minimum atomic E-state index is -0.547. The number of amides is 1. The van der Waals surface area contributed by atoms with Crippen LogP contribution in [0, 0.1) is 17.0 Å². The molecule has 0 unspecified atom stereocenters. The maximum atomic E-state index is 13.5. The Morgan fingerprint density at radius 2 is 1.78 bits per heavy atom. The van der Waals surface area contributed by atoms with E-state index in [9.17, 15) is 19.7 Å². The van der Waals surface area contributed by atoms with E-state index in [1.807, 2.05) is 25.1 Å². The standard InChI is InChI=1S/C24H16N4O4/c1-14-10-11-19-16(12-14)17(23(29)26-19)13-22-25-18-7-3-2-6-15(18)24(30)27(22)20-8-4-5-9-21(20)28(31)32/h2-13H,1H3,(H,26,29)/b17-13-. The molecule has 0 saturated carbocycles. The Balaban J connectivity index is 1.86. The van der Waals surface area contributed by atoms with Gasteiger partial charge >= 0.3 is 0 Å². The minimum Gasteiger partial charge on any atom is -0.321 e. The molecule has 3 aromatic carbocycles. The van der Waals surface area contributed by atoms with Gasteiger partial charge in [-0.05, 0) is 43.3 Å². The van der Waals surface area contributed by atoms with E-state index >= 15 is 0 Å². The van der Waals surface area contributed by atoms with Gasteiger partial charge < -0.3 is 5.32 Å². The van der Waals surface area contributed by atoms with Crippen molar-refractivity contribution in [1.82, 2.24) is 9.55 Å². The fraction of sp³-hybridized carbons (Fsp3) is 0.0417. The predicted octanol–water partition coefficient (Wildman–Crippen LogP) is 4.10. The molecule has 1 aromatic heterocycles. The molecule has 0 radical (unpaired) electrons. The van der Waals surface area contributed by atoms with E-state index in [0.717, 1.165) is 5.56 Å². The average molecular weight is 424 g/mol. The molecule has 0 bridgehead atoms. The van der Waals surface area contributed by atoms with Crippen LogP contribution in [-0.4, -0.2) is 20.4 Å². The van der Waals surface area contributed by atoms with E-state index in [0.29, 0.717) is 27.7 Å². The lowest BCUT2D eigenvalue weighted by Gasteiger charge is -2.12. The van der Waals surface area contributed by atoms with Crippen LogP contribution in [0.1, 0.15) is 17.0 Å². The molecule has 8 nitrogen and oxygen atoms in total. The fourth-order valence-electron chi connectivity index (χ4n) is 3.86. The Hall–Kier alpha value is -4.59. The Labute approximate surface area is 181 Å². The van der Waals surface area contributed by atoms with Crippen molar-refractivity contribution in [3.05, 3.63) is 104 Å². The lowest BCUT2D eigenvalue weighted by molar-refractivity contribution is -0.384. The zero-order chi connectivity index (χ0) is 22.4. The number of nitrogens with one attached hydrogen (secondary N) is 1. The van der Waals surface area contributed by atoms with Gasteiger partial charge in [-0.25, -0.2) is 4.98 Å². The van der Waals surface area contributed by atoms with Crippen LogP contribution >= 0.6 is 0 Å². The normalized spacial score (nSPS) is 13.9. The van der Waals surface area contributed by atoms with Crippen molar-refractivity contribution in [3.63, 3.8) is 0 Å². The molecule has 0 spiro atoms. The third-order valence-electron chi connectivity index (χ3n) is 5.35. The summed E-state index contributed by atoms with van der Waals surface area (Å²) in [6, 6.07) is 18.3. The molecule has 5 rings (SSSR count). The van der Waals surface area contributed by atoms with Crippen LogP contribution in [0.15, 0.2) is 71.5 Å². The maximum absolute atomic E-state index is 13.5. The van der Waals surface area contributed by atoms with Crippen molar-refractivity contribution in [3.8, 4) is 5.69 Å². The number of benzene rings is 3. The molecule has 0 saturated heterocycles. The van der Waals surface area contributed by atoms with Gasteiger partial charge in [-0.3, -0.25) is 24.3 Å². The number of carbonyl (C=O) groups is 1. The van der Waals surface area contributed by atoms with Gasteiger partial charge in [-0.15, -0.1) is 0 Å². The van der Waals surface area contributed by atoms with Gasteiger partial charge in [-0.1, -0.05) is 35.9 Å². The second-order valence-electron chi connectivity index (χ2n) is 7.43. The van der Waals surface area contributed by atoms with Gasteiger partial charge in [0.25, 0.3) is 17.2 Å². The highest BCUT2D eigenvalue weighted by Crippen LogP contribution is 2.34. The number of fused-ring (bicyclic) bond motifs is 2. The first-order valence-corrected chi connectivity index (χ1v) is 9.84. The summed E-state index contributed by atoms with van der Waals surface area (Å²) in [5.74, 6) is -0.204. The zero-order valence-corrected chi connectivity index (χ0v) is 16.9. The van der Waals surface area contributed by atoms with Crippen molar-refractivity contribution >= 4 is 39.8 Å².